The van der Waals surface area contributed by atoms with Crippen LogP contribution < -0.4 is 0 Å². The van der Waals surface area contributed by atoms with E-state index in [9.17, 15) is 9.59 Å². The van der Waals surface area contributed by atoms with Gasteiger partial charge in [0.2, 0.25) is 0 Å². The molecule has 0 bridgehead atoms. The summed E-state index contributed by atoms with van der Waals surface area (Å²) in [6, 6.07) is 21.1. The highest BCUT2D eigenvalue weighted by Gasteiger charge is 2.34. The van der Waals surface area contributed by atoms with E-state index in [0.717, 1.165) is 35.1 Å². The van der Waals surface area contributed by atoms with Crippen molar-refractivity contribution in [2.24, 2.45) is 0 Å². The number of carbonyl (C=O) groups is 2. The largest absolute Gasteiger partial charge is 0.298 e. The Morgan fingerprint density at radius 2 is 1.53 bits per heavy atom. The molecule has 8 heteroatoms. The minimum Gasteiger partial charge on any atom is -0.298 e. The first-order valence-corrected chi connectivity index (χ1v) is 12.2. The number of pyridine rings is 1. The predicted octanol–water partition coefficient (Wildman–Crippen LogP) is 4.56. The van der Waals surface area contributed by atoms with Gasteiger partial charge in [-0.05, 0) is 42.7 Å². The van der Waals surface area contributed by atoms with Gasteiger partial charge in [-0.2, -0.15) is 0 Å². The molecular weight excluding hydrogens is 446 g/mol. The predicted molar refractivity (Wildman–Crippen MR) is 131 cm³/mol. The average Bonchev–Trinajstić information content (AvgIpc) is 3.39. The number of thioether (sulfide) groups is 1. The number of benzene rings is 2. The molecule has 34 heavy (non-hydrogen) atoms. The molecule has 1 aliphatic heterocycles. The minimum absolute atomic E-state index is 0.197. The molecule has 0 saturated heterocycles. The van der Waals surface area contributed by atoms with E-state index in [1.807, 2.05) is 30.3 Å². The van der Waals surface area contributed by atoms with Crippen LogP contribution >= 0.6 is 11.8 Å². The van der Waals surface area contributed by atoms with Gasteiger partial charge in [0, 0.05) is 30.3 Å². The first kappa shape index (κ1) is 22.0. The summed E-state index contributed by atoms with van der Waals surface area (Å²) in [5.41, 5.74) is 3.08. The molecule has 170 valence electrons. The molecule has 0 fully saturated rings. The van der Waals surface area contributed by atoms with Gasteiger partial charge in [0.25, 0.3) is 11.8 Å². The Morgan fingerprint density at radius 1 is 0.794 bits per heavy atom. The highest BCUT2D eigenvalue weighted by atomic mass is 32.2. The summed E-state index contributed by atoms with van der Waals surface area (Å²) in [4.78, 5) is 30.6. The van der Waals surface area contributed by atoms with Gasteiger partial charge in [0.1, 0.15) is 0 Å². The van der Waals surface area contributed by atoms with E-state index in [1.54, 1.807) is 48.4 Å². The van der Waals surface area contributed by atoms with Crippen molar-refractivity contribution in [1.82, 2.24) is 24.6 Å². The third-order valence-corrected chi connectivity index (χ3v) is 6.76. The maximum Gasteiger partial charge on any atom is 0.261 e. The van der Waals surface area contributed by atoms with Crippen molar-refractivity contribution in [1.29, 1.82) is 0 Å². The lowest BCUT2D eigenvalue weighted by Gasteiger charge is -2.13. The smallest absolute Gasteiger partial charge is 0.261 e. The zero-order valence-electron chi connectivity index (χ0n) is 18.5. The fraction of sp³-hybridized carbons (Fsp3) is 0.192. The lowest BCUT2D eigenvalue weighted by Crippen LogP contribution is -2.30. The second-order valence-electron chi connectivity index (χ2n) is 7.98. The third kappa shape index (κ3) is 4.49. The molecule has 0 spiro atoms. The zero-order valence-corrected chi connectivity index (χ0v) is 19.3. The Labute approximate surface area is 201 Å². The first-order chi connectivity index (χ1) is 16.7. The molecule has 2 amide bonds. The average molecular weight is 470 g/mol. The van der Waals surface area contributed by atoms with E-state index in [1.165, 1.54) is 10.5 Å². The molecule has 0 N–H and O–H groups in total. The van der Waals surface area contributed by atoms with Crippen molar-refractivity contribution in [3.63, 3.8) is 0 Å². The van der Waals surface area contributed by atoms with Crippen LogP contribution in [0.3, 0.4) is 0 Å². The minimum atomic E-state index is -0.197. The van der Waals surface area contributed by atoms with Crippen molar-refractivity contribution < 1.29 is 9.59 Å². The Morgan fingerprint density at radius 3 is 2.24 bits per heavy atom. The second-order valence-corrected chi connectivity index (χ2v) is 9.04. The summed E-state index contributed by atoms with van der Waals surface area (Å²) in [7, 11) is 0. The summed E-state index contributed by atoms with van der Waals surface area (Å²) in [5.74, 6) is 1.20. The molecule has 0 atom stereocenters. The molecule has 4 aromatic rings. The molecule has 1 aliphatic rings. The van der Waals surface area contributed by atoms with Crippen LogP contribution in [-0.4, -0.2) is 48.8 Å². The maximum atomic E-state index is 12.5. The third-order valence-electron chi connectivity index (χ3n) is 5.71. The summed E-state index contributed by atoms with van der Waals surface area (Å²) in [6.07, 6.45) is 5.12. The SMILES string of the molecule is O=C1c2ccccc2C(=O)N1CCCCSc1nnc(-c2cccnc2)n1Cc1ccccc1. The van der Waals surface area contributed by atoms with Crippen LogP contribution in [0.1, 0.15) is 39.1 Å². The fourth-order valence-electron chi connectivity index (χ4n) is 3.99. The van der Waals surface area contributed by atoms with Gasteiger partial charge in [-0.1, -0.05) is 54.2 Å². The van der Waals surface area contributed by atoms with Crippen LogP contribution in [0.5, 0.6) is 0 Å². The number of rotatable bonds is 9. The van der Waals surface area contributed by atoms with Gasteiger partial charge in [-0.15, -0.1) is 10.2 Å². The van der Waals surface area contributed by atoms with Crippen LogP contribution in [-0.2, 0) is 6.54 Å². The summed E-state index contributed by atoms with van der Waals surface area (Å²) in [6.45, 7) is 1.08. The standard InChI is InChI=1S/C26H23N5O2S/c32-24-21-12-4-5-13-22(21)25(33)30(24)15-6-7-16-34-26-29-28-23(20-11-8-14-27-17-20)31(26)18-19-9-2-1-3-10-19/h1-5,8-14,17H,6-7,15-16,18H2. The van der Waals surface area contributed by atoms with E-state index in [-0.39, 0.29) is 11.8 Å². The molecule has 7 nitrogen and oxygen atoms in total. The lowest BCUT2D eigenvalue weighted by atomic mass is 10.1. The number of imide groups is 1. The number of amides is 2. The number of hydrogen-bond donors (Lipinski definition) is 0. The van der Waals surface area contributed by atoms with Crippen LogP contribution in [0, 0.1) is 0 Å². The summed E-state index contributed by atoms with van der Waals surface area (Å²) in [5, 5.41) is 9.72. The van der Waals surface area contributed by atoms with E-state index < -0.39 is 0 Å². The quantitative estimate of drug-likeness (QED) is 0.203. The van der Waals surface area contributed by atoms with Crippen molar-refractivity contribution in [3.8, 4) is 11.4 Å². The van der Waals surface area contributed by atoms with E-state index >= 15 is 0 Å². The van der Waals surface area contributed by atoms with Gasteiger partial charge >= 0.3 is 0 Å². The summed E-state index contributed by atoms with van der Waals surface area (Å²) < 4.78 is 2.11. The van der Waals surface area contributed by atoms with Gasteiger partial charge in [0.15, 0.2) is 11.0 Å². The molecule has 5 rings (SSSR count). The van der Waals surface area contributed by atoms with Crippen molar-refractivity contribution in [3.05, 3.63) is 95.8 Å². The van der Waals surface area contributed by atoms with Gasteiger partial charge in [-0.3, -0.25) is 24.0 Å². The first-order valence-electron chi connectivity index (χ1n) is 11.2. The number of fused-ring (bicyclic) bond motifs is 1. The Bertz CT molecular complexity index is 1270. The Hall–Kier alpha value is -3.78. The van der Waals surface area contributed by atoms with Crippen LogP contribution in [0.25, 0.3) is 11.4 Å². The molecule has 2 aromatic carbocycles. The molecule has 0 radical (unpaired) electrons. The Kier molecular flexibility index (Phi) is 6.49. The Balaban J connectivity index is 1.22. The van der Waals surface area contributed by atoms with E-state index in [4.69, 9.17) is 0 Å². The zero-order chi connectivity index (χ0) is 23.3. The molecule has 0 saturated carbocycles. The number of carbonyl (C=O) groups excluding carboxylic acids is 2. The van der Waals surface area contributed by atoms with Gasteiger partial charge in [-0.25, -0.2) is 0 Å². The van der Waals surface area contributed by atoms with Crippen molar-refractivity contribution in [2.75, 3.05) is 12.3 Å². The molecular formula is C26H23N5O2S. The molecule has 3 heterocycles. The highest BCUT2D eigenvalue weighted by Crippen LogP contribution is 2.26. The maximum absolute atomic E-state index is 12.5. The normalized spacial score (nSPS) is 12.9. The number of unbranched alkanes of at least 4 members (excludes halogenated alkanes) is 1. The molecule has 0 unspecified atom stereocenters. The number of aromatic nitrogens is 4. The van der Waals surface area contributed by atoms with E-state index in [2.05, 4.69) is 31.9 Å². The highest BCUT2D eigenvalue weighted by molar-refractivity contribution is 7.99. The molecule has 2 aromatic heterocycles. The molecule has 0 aliphatic carbocycles. The van der Waals surface area contributed by atoms with Crippen molar-refractivity contribution >= 4 is 23.6 Å². The van der Waals surface area contributed by atoms with E-state index in [0.29, 0.717) is 24.2 Å². The number of nitrogens with zero attached hydrogens (tertiary/aromatic N) is 5. The fourth-order valence-corrected chi connectivity index (χ4v) is 4.93. The lowest BCUT2D eigenvalue weighted by molar-refractivity contribution is 0.0652. The van der Waals surface area contributed by atoms with Crippen LogP contribution in [0.2, 0.25) is 0 Å². The van der Waals surface area contributed by atoms with Crippen molar-refractivity contribution in [2.45, 2.75) is 24.5 Å². The topological polar surface area (TPSA) is 81.0 Å². The van der Waals surface area contributed by atoms with Gasteiger partial charge in [0.05, 0.1) is 17.7 Å². The number of hydrogen-bond acceptors (Lipinski definition) is 6. The second kappa shape index (κ2) is 10.0. The summed E-state index contributed by atoms with van der Waals surface area (Å²) >= 11 is 1.63. The van der Waals surface area contributed by atoms with Crippen LogP contribution in [0.4, 0.5) is 0 Å². The monoisotopic (exact) mass is 469 g/mol. The van der Waals surface area contributed by atoms with Gasteiger partial charge < -0.3 is 0 Å². The van der Waals surface area contributed by atoms with Crippen LogP contribution in [0.15, 0.2) is 84.3 Å².